The summed E-state index contributed by atoms with van der Waals surface area (Å²) in [7, 11) is 0. The summed E-state index contributed by atoms with van der Waals surface area (Å²) in [6.07, 6.45) is 8.80. The Morgan fingerprint density at radius 3 is 2.00 bits per heavy atom. The van der Waals surface area contributed by atoms with Crippen LogP contribution >= 0.6 is 0 Å². The van der Waals surface area contributed by atoms with Crippen LogP contribution in [0, 0.1) is 17.8 Å². The van der Waals surface area contributed by atoms with Crippen molar-refractivity contribution in [1.82, 2.24) is 0 Å². The Hall–Kier alpha value is -2.54. The van der Waals surface area contributed by atoms with Crippen molar-refractivity contribution in [1.29, 1.82) is 0 Å². The average molecular weight is 435 g/mol. The summed E-state index contributed by atoms with van der Waals surface area (Å²) in [6.45, 7) is 6.93. The van der Waals surface area contributed by atoms with Crippen molar-refractivity contribution in [3.63, 3.8) is 0 Å². The highest BCUT2D eigenvalue weighted by molar-refractivity contribution is 6.08. The first-order chi connectivity index (χ1) is 15.9. The maximum absolute atomic E-state index is 6.34. The van der Waals surface area contributed by atoms with E-state index in [9.17, 15) is 0 Å². The average Bonchev–Trinajstić information content (AvgIpc) is 3.15. The van der Waals surface area contributed by atoms with E-state index >= 15 is 0 Å². The van der Waals surface area contributed by atoms with E-state index in [2.05, 4.69) is 81.4 Å². The molecule has 0 radical (unpaired) electrons. The number of rotatable bonds is 2. The summed E-state index contributed by atoms with van der Waals surface area (Å²) in [5, 5.41) is 2.49. The molecule has 4 aromatic rings. The smallest absolute Gasteiger partial charge is 0.136 e. The zero-order valence-electron chi connectivity index (χ0n) is 20.2. The highest BCUT2D eigenvalue weighted by Gasteiger charge is 2.51. The molecule has 168 valence electrons. The Labute approximate surface area is 197 Å². The van der Waals surface area contributed by atoms with E-state index in [0.717, 1.165) is 28.9 Å². The fraction of sp³-hybridized carbons (Fsp3) is 0.438. The largest absolute Gasteiger partial charge is 0.456 e. The number of para-hydroxylation sites is 1. The number of hydrogen-bond acceptors (Lipinski definition) is 1. The summed E-state index contributed by atoms with van der Waals surface area (Å²) < 4.78 is 6.34. The molecule has 1 heterocycles. The van der Waals surface area contributed by atoms with Crippen molar-refractivity contribution >= 4 is 21.9 Å². The lowest BCUT2D eigenvalue weighted by Crippen LogP contribution is -2.48. The number of fused-ring (bicyclic) bond motifs is 3. The first kappa shape index (κ1) is 19.9. The fourth-order valence-electron chi connectivity index (χ4n) is 8.09. The highest BCUT2D eigenvalue weighted by atomic mass is 16.3. The van der Waals surface area contributed by atoms with Gasteiger partial charge < -0.3 is 4.42 Å². The van der Waals surface area contributed by atoms with Gasteiger partial charge in [0.1, 0.15) is 11.2 Å². The van der Waals surface area contributed by atoms with Gasteiger partial charge >= 0.3 is 0 Å². The molecule has 8 rings (SSSR count). The van der Waals surface area contributed by atoms with Crippen LogP contribution in [0.25, 0.3) is 33.1 Å². The first-order valence-corrected chi connectivity index (χ1v) is 12.9. The van der Waals surface area contributed by atoms with Crippen LogP contribution in [0.2, 0.25) is 0 Å². The molecule has 0 saturated heterocycles. The van der Waals surface area contributed by atoms with Gasteiger partial charge in [0.2, 0.25) is 0 Å². The minimum Gasteiger partial charge on any atom is -0.456 e. The second kappa shape index (κ2) is 6.75. The maximum atomic E-state index is 6.34. The molecule has 4 bridgehead atoms. The van der Waals surface area contributed by atoms with Crippen LogP contribution in [-0.2, 0) is 10.8 Å². The second-order valence-corrected chi connectivity index (χ2v) is 12.5. The molecule has 3 aromatic carbocycles. The normalized spacial score (nSPS) is 28.8. The van der Waals surface area contributed by atoms with E-state index in [-0.39, 0.29) is 5.41 Å². The molecule has 1 nitrogen and oxygen atoms in total. The lowest BCUT2D eigenvalue weighted by atomic mass is 9.48. The van der Waals surface area contributed by atoms with E-state index in [4.69, 9.17) is 4.42 Å². The van der Waals surface area contributed by atoms with Gasteiger partial charge in [0, 0.05) is 10.8 Å². The van der Waals surface area contributed by atoms with Gasteiger partial charge in [0.15, 0.2) is 0 Å². The molecule has 4 fully saturated rings. The lowest BCUT2D eigenvalue weighted by molar-refractivity contribution is -0.00518. The third-order valence-electron chi connectivity index (χ3n) is 9.16. The third-order valence-corrected chi connectivity index (χ3v) is 9.16. The number of benzene rings is 3. The van der Waals surface area contributed by atoms with Crippen LogP contribution in [0.3, 0.4) is 0 Å². The van der Waals surface area contributed by atoms with Crippen molar-refractivity contribution in [2.75, 3.05) is 0 Å². The molecule has 0 aliphatic heterocycles. The van der Waals surface area contributed by atoms with E-state index in [0.29, 0.717) is 5.41 Å². The van der Waals surface area contributed by atoms with Crippen molar-refractivity contribution < 1.29 is 4.42 Å². The van der Waals surface area contributed by atoms with E-state index in [1.165, 1.54) is 66.0 Å². The summed E-state index contributed by atoms with van der Waals surface area (Å²) in [6, 6.07) is 22.8. The molecule has 4 aliphatic rings. The van der Waals surface area contributed by atoms with Crippen molar-refractivity contribution in [3.05, 3.63) is 71.8 Å². The molecule has 0 N–H and O–H groups in total. The summed E-state index contributed by atoms with van der Waals surface area (Å²) in [4.78, 5) is 0. The van der Waals surface area contributed by atoms with Crippen LogP contribution < -0.4 is 0 Å². The Balaban J connectivity index is 1.32. The predicted molar refractivity (Wildman–Crippen MR) is 138 cm³/mol. The van der Waals surface area contributed by atoms with Gasteiger partial charge in [-0.1, -0.05) is 63.2 Å². The topological polar surface area (TPSA) is 13.1 Å². The Bertz CT molecular complexity index is 1330. The van der Waals surface area contributed by atoms with Crippen LogP contribution in [0.5, 0.6) is 0 Å². The number of furan rings is 1. The van der Waals surface area contributed by atoms with Crippen molar-refractivity contribution in [2.24, 2.45) is 17.8 Å². The minimum atomic E-state index is 0.0417. The molecule has 4 saturated carbocycles. The monoisotopic (exact) mass is 434 g/mol. The molecule has 0 amide bonds. The van der Waals surface area contributed by atoms with Crippen LogP contribution in [-0.4, -0.2) is 0 Å². The maximum Gasteiger partial charge on any atom is 0.136 e. The summed E-state index contributed by atoms with van der Waals surface area (Å²) in [5.41, 5.74) is 8.03. The second-order valence-electron chi connectivity index (χ2n) is 12.5. The molecule has 1 aromatic heterocycles. The summed E-state index contributed by atoms with van der Waals surface area (Å²) in [5.74, 6) is 2.96. The first-order valence-electron chi connectivity index (χ1n) is 12.9. The molecular weight excluding hydrogens is 400 g/mol. The SMILES string of the molecule is CC(C)(C)c1cc(-c2ccc(C34CC5CC(CC(C5)C3)C4)cc2)cc2oc3ccccc3c12. The van der Waals surface area contributed by atoms with E-state index in [1.807, 2.05) is 0 Å². The predicted octanol–water partition coefficient (Wildman–Crippen LogP) is 9.02. The quantitative estimate of drug-likeness (QED) is 0.307. The summed E-state index contributed by atoms with van der Waals surface area (Å²) >= 11 is 0. The Kier molecular flexibility index (Phi) is 4.07. The third kappa shape index (κ3) is 3.04. The zero-order chi connectivity index (χ0) is 22.4. The van der Waals surface area contributed by atoms with Gasteiger partial charge in [-0.2, -0.15) is 0 Å². The highest BCUT2D eigenvalue weighted by Crippen LogP contribution is 2.60. The Morgan fingerprint density at radius 2 is 1.36 bits per heavy atom. The molecule has 4 aliphatic carbocycles. The van der Waals surface area contributed by atoms with Gasteiger partial charge in [-0.3, -0.25) is 0 Å². The molecule has 0 spiro atoms. The molecule has 33 heavy (non-hydrogen) atoms. The van der Waals surface area contributed by atoms with Crippen LogP contribution in [0.15, 0.2) is 65.1 Å². The molecule has 1 heteroatoms. The van der Waals surface area contributed by atoms with Gasteiger partial charge in [-0.15, -0.1) is 0 Å². The van der Waals surface area contributed by atoms with Gasteiger partial charge in [0.05, 0.1) is 0 Å². The number of hydrogen-bond donors (Lipinski definition) is 0. The van der Waals surface area contributed by atoms with Crippen LogP contribution in [0.4, 0.5) is 0 Å². The van der Waals surface area contributed by atoms with Crippen molar-refractivity contribution in [2.45, 2.75) is 70.1 Å². The van der Waals surface area contributed by atoms with E-state index < -0.39 is 0 Å². The Morgan fingerprint density at radius 1 is 0.727 bits per heavy atom. The fourth-order valence-corrected chi connectivity index (χ4v) is 8.09. The van der Waals surface area contributed by atoms with Gasteiger partial charge in [0.25, 0.3) is 0 Å². The molecule has 0 atom stereocenters. The van der Waals surface area contributed by atoms with Gasteiger partial charge in [-0.25, -0.2) is 0 Å². The molecular formula is C32H34O. The minimum absolute atomic E-state index is 0.0417. The standard InChI is InChI=1S/C32H34O/c1-31(2,3)27-15-24(16-29-30(27)26-6-4-5-7-28(26)33-29)23-8-10-25(11-9-23)32-17-20-12-21(18-32)14-22(13-20)19-32/h4-11,15-16,20-22H,12-14,17-19H2,1-3H3. The molecule has 0 unspecified atom stereocenters. The van der Waals surface area contributed by atoms with Crippen molar-refractivity contribution in [3.8, 4) is 11.1 Å². The lowest BCUT2D eigenvalue weighted by Gasteiger charge is -2.57. The zero-order valence-corrected chi connectivity index (χ0v) is 20.2. The van der Waals surface area contributed by atoms with Gasteiger partial charge in [-0.05, 0) is 108 Å². The van der Waals surface area contributed by atoms with Crippen LogP contribution in [0.1, 0.15) is 70.4 Å². The van der Waals surface area contributed by atoms with E-state index in [1.54, 1.807) is 5.56 Å².